The monoisotopic (exact) mass is 235 g/mol. The molecular weight excluding hydrogens is 229 g/mol. The van der Waals surface area contributed by atoms with Crippen LogP contribution in [0.4, 0.5) is 10.1 Å². The second-order valence-electron chi connectivity index (χ2n) is 2.02. The van der Waals surface area contributed by atoms with E-state index in [2.05, 4.69) is 15.9 Å². The Morgan fingerprint density at radius 3 is 2.64 bits per heavy atom. The van der Waals surface area contributed by atoms with Gasteiger partial charge in [-0.05, 0) is 34.3 Å². The molecule has 0 unspecified atom stereocenters. The van der Waals surface area contributed by atoms with E-state index in [9.17, 15) is 4.39 Å². The summed E-state index contributed by atoms with van der Waals surface area (Å²) in [5.41, 5.74) is 5.84. The SMILES string of the molecule is CSc1c(F)cc(N)cc1Br. The molecule has 0 aliphatic rings. The number of thioether (sulfide) groups is 1. The first-order chi connectivity index (χ1) is 5.15. The molecule has 0 saturated heterocycles. The van der Waals surface area contributed by atoms with Crippen LogP contribution in [0.5, 0.6) is 0 Å². The zero-order valence-corrected chi connectivity index (χ0v) is 8.30. The molecule has 0 amide bonds. The molecule has 0 aromatic heterocycles. The smallest absolute Gasteiger partial charge is 0.139 e. The molecule has 0 atom stereocenters. The highest BCUT2D eigenvalue weighted by molar-refractivity contribution is 9.10. The van der Waals surface area contributed by atoms with Crippen molar-refractivity contribution in [3.63, 3.8) is 0 Å². The van der Waals surface area contributed by atoms with Crippen LogP contribution in [-0.2, 0) is 0 Å². The van der Waals surface area contributed by atoms with Gasteiger partial charge in [0.1, 0.15) is 5.82 Å². The minimum absolute atomic E-state index is 0.274. The van der Waals surface area contributed by atoms with E-state index in [-0.39, 0.29) is 5.82 Å². The summed E-state index contributed by atoms with van der Waals surface area (Å²) in [6.07, 6.45) is 1.82. The normalized spacial score (nSPS) is 10.1. The van der Waals surface area contributed by atoms with Crippen LogP contribution in [0.15, 0.2) is 21.5 Å². The standard InChI is InChI=1S/C7H7BrFNS/c1-11-7-5(8)2-4(10)3-6(7)9/h2-3H,10H2,1H3. The molecule has 0 spiro atoms. The molecular formula is C7H7BrFNS. The van der Waals surface area contributed by atoms with E-state index in [0.717, 1.165) is 0 Å². The maximum Gasteiger partial charge on any atom is 0.139 e. The zero-order valence-electron chi connectivity index (χ0n) is 5.90. The summed E-state index contributed by atoms with van der Waals surface area (Å²) in [5, 5.41) is 0. The van der Waals surface area contributed by atoms with Gasteiger partial charge in [0.15, 0.2) is 0 Å². The third kappa shape index (κ3) is 1.87. The number of nitrogen functional groups attached to an aromatic ring is 1. The van der Waals surface area contributed by atoms with Crippen molar-refractivity contribution in [1.29, 1.82) is 0 Å². The molecule has 1 aromatic rings. The molecule has 1 rings (SSSR count). The third-order valence-corrected chi connectivity index (χ3v) is 2.94. The van der Waals surface area contributed by atoms with E-state index >= 15 is 0 Å². The summed E-state index contributed by atoms with van der Waals surface area (Å²) in [7, 11) is 0. The van der Waals surface area contributed by atoms with Crippen LogP contribution in [0.2, 0.25) is 0 Å². The van der Waals surface area contributed by atoms with Gasteiger partial charge >= 0.3 is 0 Å². The maximum atomic E-state index is 13.0. The Morgan fingerprint density at radius 1 is 1.55 bits per heavy atom. The van der Waals surface area contributed by atoms with Crippen LogP contribution in [0.25, 0.3) is 0 Å². The van der Waals surface area contributed by atoms with E-state index in [4.69, 9.17) is 5.73 Å². The van der Waals surface area contributed by atoms with Gasteiger partial charge in [-0.25, -0.2) is 4.39 Å². The van der Waals surface area contributed by atoms with E-state index in [1.54, 1.807) is 6.07 Å². The Balaban J connectivity index is 3.25. The molecule has 0 saturated carbocycles. The highest BCUT2D eigenvalue weighted by Gasteiger charge is 2.05. The molecule has 0 heterocycles. The minimum Gasteiger partial charge on any atom is -0.399 e. The fraction of sp³-hybridized carbons (Fsp3) is 0.143. The fourth-order valence-corrected chi connectivity index (χ4v) is 2.22. The average Bonchev–Trinajstić information content (AvgIpc) is 1.85. The van der Waals surface area contributed by atoms with E-state index in [0.29, 0.717) is 15.1 Å². The van der Waals surface area contributed by atoms with Crippen LogP contribution in [0.3, 0.4) is 0 Å². The molecule has 2 N–H and O–H groups in total. The maximum absolute atomic E-state index is 13.0. The quantitative estimate of drug-likeness (QED) is 0.599. The number of halogens is 2. The first-order valence-corrected chi connectivity index (χ1v) is 4.95. The number of anilines is 1. The highest BCUT2D eigenvalue weighted by atomic mass is 79.9. The Kier molecular flexibility index (Phi) is 2.78. The number of hydrogen-bond acceptors (Lipinski definition) is 2. The first-order valence-electron chi connectivity index (χ1n) is 2.93. The van der Waals surface area contributed by atoms with E-state index in [1.807, 2.05) is 6.26 Å². The molecule has 0 aliphatic carbocycles. The van der Waals surface area contributed by atoms with Crippen molar-refractivity contribution in [1.82, 2.24) is 0 Å². The van der Waals surface area contributed by atoms with Gasteiger partial charge in [-0.1, -0.05) is 0 Å². The van der Waals surface area contributed by atoms with Crippen molar-refractivity contribution in [3.8, 4) is 0 Å². The van der Waals surface area contributed by atoms with Crippen LogP contribution in [0, 0.1) is 5.82 Å². The second kappa shape index (κ2) is 3.45. The van der Waals surface area contributed by atoms with Crippen molar-refractivity contribution < 1.29 is 4.39 Å². The summed E-state index contributed by atoms with van der Waals surface area (Å²) >= 11 is 4.57. The lowest BCUT2D eigenvalue weighted by molar-refractivity contribution is 0.601. The van der Waals surface area contributed by atoms with Gasteiger partial charge < -0.3 is 5.73 Å². The molecule has 0 radical (unpaired) electrons. The Labute approximate surface area is 77.3 Å². The molecule has 60 valence electrons. The van der Waals surface area contributed by atoms with Gasteiger partial charge in [0, 0.05) is 10.2 Å². The summed E-state index contributed by atoms with van der Waals surface area (Å²) < 4.78 is 13.7. The van der Waals surface area contributed by atoms with Crippen molar-refractivity contribution in [2.24, 2.45) is 0 Å². The van der Waals surface area contributed by atoms with Gasteiger partial charge in [-0.15, -0.1) is 11.8 Å². The summed E-state index contributed by atoms with van der Waals surface area (Å²) in [4.78, 5) is 0.596. The third-order valence-electron chi connectivity index (χ3n) is 1.22. The fourth-order valence-electron chi connectivity index (χ4n) is 0.774. The Morgan fingerprint density at radius 2 is 2.18 bits per heavy atom. The van der Waals surface area contributed by atoms with Gasteiger partial charge in [0.2, 0.25) is 0 Å². The van der Waals surface area contributed by atoms with Crippen LogP contribution in [0.1, 0.15) is 0 Å². The molecule has 0 aliphatic heterocycles. The Bertz CT molecular complexity index is 254. The van der Waals surface area contributed by atoms with E-state index < -0.39 is 0 Å². The van der Waals surface area contributed by atoms with Gasteiger partial charge in [0.25, 0.3) is 0 Å². The topological polar surface area (TPSA) is 26.0 Å². The zero-order chi connectivity index (χ0) is 8.43. The van der Waals surface area contributed by atoms with E-state index in [1.165, 1.54) is 17.8 Å². The summed E-state index contributed by atoms with van der Waals surface area (Å²) in [6.45, 7) is 0. The van der Waals surface area contributed by atoms with Crippen LogP contribution < -0.4 is 5.73 Å². The number of nitrogens with two attached hydrogens (primary N) is 1. The molecule has 4 heteroatoms. The van der Waals surface area contributed by atoms with Gasteiger partial charge in [0.05, 0.1) is 4.90 Å². The second-order valence-corrected chi connectivity index (χ2v) is 3.69. The largest absolute Gasteiger partial charge is 0.399 e. The summed E-state index contributed by atoms with van der Waals surface area (Å²) in [5.74, 6) is -0.274. The predicted octanol–water partition coefficient (Wildman–Crippen LogP) is 2.89. The van der Waals surface area contributed by atoms with Crippen molar-refractivity contribution in [2.45, 2.75) is 4.90 Å². The summed E-state index contributed by atoms with van der Waals surface area (Å²) in [6, 6.07) is 3.01. The number of hydrogen-bond donors (Lipinski definition) is 1. The molecule has 11 heavy (non-hydrogen) atoms. The van der Waals surface area contributed by atoms with Crippen molar-refractivity contribution in [3.05, 3.63) is 22.4 Å². The highest BCUT2D eigenvalue weighted by Crippen LogP contribution is 2.30. The van der Waals surface area contributed by atoms with Gasteiger partial charge in [-0.2, -0.15) is 0 Å². The molecule has 1 nitrogen and oxygen atoms in total. The van der Waals surface area contributed by atoms with Crippen LogP contribution >= 0.6 is 27.7 Å². The average molecular weight is 236 g/mol. The first kappa shape index (κ1) is 8.87. The lowest BCUT2D eigenvalue weighted by Gasteiger charge is -2.02. The lowest BCUT2D eigenvalue weighted by Crippen LogP contribution is -1.89. The predicted molar refractivity (Wildman–Crippen MR) is 50.3 cm³/mol. The number of rotatable bonds is 1. The van der Waals surface area contributed by atoms with Crippen molar-refractivity contribution >= 4 is 33.4 Å². The van der Waals surface area contributed by atoms with Crippen molar-refractivity contribution in [2.75, 3.05) is 12.0 Å². The molecule has 0 fully saturated rings. The molecule has 1 aromatic carbocycles. The van der Waals surface area contributed by atoms with Crippen LogP contribution in [-0.4, -0.2) is 6.26 Å². The minimum atomic E-state index is -0.274. The Hall–Kier alpha value is -0.220. The number of benzene rings is 1. The lowest BCUT2D eigenvalue weighted by atomic mass is 10.3. The molecule has 0 bridgehead atoms. The van der Waals surface area contributed by atoms with Gasteiger partial charge in [-0.3, -0.25) is 0 Å².